The maximum Gasteiger partial charge on any atom is 0.135 e. The number of para-hydroxylation sites is 6. The summed E-state index contributed by atoms with van der Waals surface area (Å²) in [6.07, 6.45) is 0. The highest BCUT2D eigenvalue weighted by Crippen LogP contribution is 2.45. The van der Waals surface area contributed by atoms with E-state index in [0.29, 0.717) is 0 Å². The van der Waals surface area contributed by atoms with Gasteiger partial charge >= 0.3 is 0 Å². The average molecular weight is 944 g/mol. The first-order chi connectivity index (χ1) is 36.7. The van der Waals surface area contributed by atoms with E-state index in [1.165, 1.54) is 49.0 Å². The first kappa shape index (κ1) is 41.8. The minimum Gasteiger partial charge on any atom is -0.456 e. The first-order valence-corrected chi connectivity index (χ1v) is 25.3. The molecular weight excluding hydrogens is 899 g/mol. The second kappa shape index (κ2) is 16.9. The van der Waals surface area contributed by atoms with Crippen LogP contribution in [0, 0.1) is 0 Å². The Hall–Kier alpha value is -9.90. The highest BCUT2D eigenvalue weighted by Gasteiger charge is 2.21. The van der Waals surface area contributed by atoms with Crippen LogP contribution in [0.4, 0.5) is 17.1 Å². The summed E-state index contributed by atoms with van der Waals surface area (Å²) in [6.45, 7) is 0. The molecule has 3 heterocycles. The van der Waals surface area contributed by atoms with Gasteiger partial charge in [0.1, 0.15) is 11.2 Å². The lowest BCUT2D eigenvalue weighted by Gasteiger charge is -2.28. The molecule has 0 radical (unpaired) electrons. The van der Waals surface area contributed by atoms with E-state index in [-0.39, 0.29) is 0 Å². The van der Waals surface area contributed by atoms with Crippen molar-refractivity contribution in [2.24, 2.45) is 0 Å². The third kappa shape index (κ3) is 6.69. The van der Waals surface area contributed by atoms with Gasteiger partial charge in [-0.15, -0.1) is 0 Å². The zero-order valence-electron chi connectivity index (χ0n) is 40.2. The molecule has 15 aromatic rings. The van der Waals surface area contributed by atoms with Gasteiger partial charge < -0.3 is 18.5 Å². The summed E-state index contributed by atoms with van der Waals surface area (Å²) in [4.78, 5) is 2.38. The number of fused-ring (bicyclic) bond motifs is 10. The number of anilines is 3. The average Bonchev–Trinajstić information content (AvgIpc) is 4.13. The quantitative estimate of drug-likeness (QED) is 0.152. The van der Waals surface area contributed by atoms with Crippen molar-refractivity contribution < 1.29 is 4.42 Å². The van der Waals surface area contributed by atoms with Crippen LogP contribution in [0.1, 0.15) is 0 Å². The van der Waals surface area contributed by atoms with Crippen LogP contribution >= 0.6 is 0 Å². The van der Waals surface area contributed by atoms with Gasteiger partial charge in [-0.1, -0.05) is 164 Å². The number of hydrogen-bond donors (Lipinski definition) is 0. The van der Waals surface area contributed by atoms with E-state index in [1.807, 2.05) is 12.1 Å². The van der Waals surface area contributed by atoms with E-state index in [2.05, 4.69) is 275 Å². The minimum atomic E-state index is 0.885. The van der Waals surface area contributed by atoms with Crippen LogP contribution < -0.4 is 4.90 Å². The molecule has 0 aliphatic heterocycles. The lowest BCUT2D eigenvalue weighted by Crippen LogP contribution is -2.10. The van der Waals surface area contributed by atoms with Gasteiger partial charge in [-0.3, -0.25) is 0 Å². The molecule has 4 heteroatoms. The fourth-order valence-corrected chi connectivity index (χ4v) is 11.7. The third-order valence-corrected chi connectivity index (χ3v) is 15.1. The fraction of sp³-hybridized carbons (Fsp3) is 0. The van der Waals surface area contributed by atoms with Crippen molar-refractivity contribution in [1.29, 1.82) is 0 Å². The van der Waals surface area contributed by atoms with E-state index >= 15 is 0 Å². The number of aromatic nitrogens is 2. The highest BCUT2D eigenvalue weighted by atomic mass is 16.3. The minimum absolute atomic E-state index is 0.885. The molecule has 0 saturated carbocycles. The highest BCUT2D eigenvalue weighted by molar-refractivity contribution is 6.13. The summed E-state index contributed by atoms with van der Waals surface area (Å²) in [5, 5.41) is 9.53. The first-order valence-electron chi connectivity index (χ1n) is 25.3. The predicted molar refractivity (Wildman–Crippen MR) is 311 cm³/mol. The molecule has 0 amide bonds. The van der Waals surface area contributed by atoms with Gasteiger partial charge in [0.2, 0.25) is 0 Å². The molecule has 0 saturated heterocycles. The maximum absolute atomic E-state index is 6.31. The zero-order chi connectivity index (χ0) is 48.7. The largest absolute Gasteiger partial charge is 0.456 e. The van der Waals surface area contributed by atoms with Gasteiger partial charge in [0.05, 0.1) is 33.4 Å². The molecule has 12 aromatic carbocycles. The molecule has 4 nitrogen and oxygen atoms in total. The van der Waals surface area contributed by atoms with Gasteiger partial charge in [-0.2, -0.15) is 0 Å². The Bertz CT molecular complexity index is 4630. The summed E-state index contributed by atoms with van der Waals surface area (Å²) in [6, 6.07) is 99.3. The van der Waals surface area contributed by atoms with Crippen LogP contribution in [0.5, 0.6) is 0 Å². The van der Waals surface area contributed by atoms with Crippen molar-refractivity contribution in [1.82, 2.24) is 9.13 Å². The van der Waals surface area contributed by atoms with E-state index in [1.54, 1.807) is 0 Å². The smallest absolute Gasteiger partial charge is 0.135 e. The SMILES string of the molecule is c1ccc(N(c2ccccc2)c2ccccc2-c2cc(-c3ccc4c(c3)c3ccccc3n4-c3cccc4ccccc34)cc(-c3ccc4c5ccccc5n(-c5ccc6oc7ccccc7c6c5)c4c3)c2)cc1. The Morgan fingerprint density at radius 1 is 0.284 bits per heavy atom. The van der Waals surface area contributed by atoms with Gasteiger partial charge in [0.15, 0.2) is 0 Å². The Labute approximate surface area is 427 Å². The molecule has 15 rings (SSSR count). The maximum atomic E-state index is 6.31. The number of furan rings is 1. The monoisotopic (exact) mass is 943 g/mol. The van der Waals surface area contributed by atoms with E-state index in [9.17, 15) is 0 Å². The van der Waals surface area contributed by atoms with Crippen molar-refractivity contribution in [3.63, 3.8) is 0 Å². The molecule has 0 spiro atoms. The number of rotatable bonds is 8. The van der Waals surface area contributed by atoms with Crippen molar-refractivity contribution in [2.75, 3.05) is 4.90 Å². The van der Waals surface area contributed by atoms with Gasteiger partial charge in [0, 0.05) is 60.3 Å². The van der Waals surface area contributed by atoms with Crippen LogP contribution in [-0.2, 0) is 0 Å². The van der Waals surface area contributed by atoms with Crippen molar-refractivity contribution >= 4 is 93.4 Å². The molecule has 0 atom stereocenters. The topological polar surface area (TPSA) is 26.2 Å². The molecule has 3 aromatic heterocycles. The van der Waals surface area contributed by atoms with Crippen LogP contribution in [0.3, 0.4) is 0 Å². The second-order valence-electron chi connectivity index (χ2n) is 19.3. The summed E-state index contributed by atoms with van der Waals surface area (Å²) >= 11 is 0. The second-order valence-corrected chi connectivity index (χ2v) is 19.3. The summed E-state index contributed by atoms with van der Waals surface area (Å²) in [5.74, 6) is 0. The zero-order valence-corrected chi connectivity index (χ0v) is 40.2. The molecule has 0 fully saturated rings. The number of hydrogen-bond acceptors (Lipinski definition) is 2. The van der Waals surface area contributed by atoms with Crippen LogP contribution in [0.2, 0.25) is 0 Å². The van der Waals surface area contributed by atoms with Gasteiger partial charge in [-0.25, -0.2) is 0 Å². The van der Waals surface area contributed by atoms with E-state index in [4.69, 9.17) is 4.42 Å². The fourth-order valence-electron chi connectivity index (χ4n) is 11.7. The standard InChI is InChI=1S/C70H45N3O/c1-3-20-52(21-4-1)71(53-22-5-2-6-23-53)63-29-13-9-25-56(63)51-41-49(47-35-38-67-61(43-47)58-27-11-15-31-66(58)73(67)64-32-17-19-46-18-7-8-24-55(46)64)40-50(42-51)48-34-37-59-57-26-10-14-30-65(57)72(68(59)44-48)54-36-39-70-62(45-54)60-28-12-16-33-69(60)74-70/h1-45H. The number of benzene rings is 12. The Morgan fingerprint density at radius 2 is 0.838 bits per heavy atom. The summed E-state index contributed by atoms with van der Waals surface area (Å²) in [7, 11) is 0. The van der Waals surface area contributed by atoms with Gasteiger partial charge in [-0.05, 0) is 142 Å². The Balaban J connectivity index is 0.966. The molecular formula is C70H45N3O. The molecule has 74 heavy (non-hydrogen) atoms. The molecule has 0 unspecified atom stereocenters. The van der Waals surface area contributed by atoms with Crippen molar-refractivity contribution in [2.45, 2.75) is 0 Å². The Morgan fingerprint density at radius 3 is 1.62 bits per heavy atom. The molecule has 0 aliphatic carbocycles. The van der Waals surface area contributed by atoms with E-state index < -0.39 is 0 Å². The molecule has 0 N–H and O–H groups in total. The van der Waals surface area contributed by atoms with Crippen molar-refractivity contribution in [3.05, 3.63) is 273 Å². The molecule has 0 aliphatic rings. The van der Waals surface area contributed by atoms with Gasteiger partial charge in [0.25, 0.3) is 0 Å². The third-order valence-electron chi connectivity index (χ3n) is 15.1. The molecule has 0 bridgehead atoms. The normalized spacial score (nSPS) is 11.8. The van der Waals surface area contributed by atoms with Crippen molar-refractivity contribution in [3.8, 4) is 44.8 Å². The summed E-state index contributed by atoms with van der Waals surface area (Å²) in [5.41, 5.74) is 18.8. The number of nitrogens with zero attached hydrogens (tertiary/aromatic N) is 3. The van der Waals surface area contributed by atoms with Crippen LogP contribution in [-0.4, -0.2) is 9.13 Å². The lowest BCUT2D eigenvalue weighted by molar-refractivity contribution is 0.669. The summed E-state index contributed by atoms with van der Waals surface area (Å²) < 4.78 is 11.2. The molecule has 346 valence electrons. The van der Waals surface area contributed by atoms with Crippen LogP contribution in [0.25, 0.3) is 121 Å². The van der Waals surface area contributed by atoms with Crippen LogP contribution in [0.15, 0.2) is 277 Å². The lowest BCUT2D eigenvalue weighted by atomic mass is 9.91. The Kier molecular flexibility index (Phi) is 9.54. The van der Waals surface area contributed by atoms with E-state index in [0.717, 1.165) is 89.1 Å². The predicted octanol–water partition coefficient (Wildman–Crippen LogP) is 19.4.